The summed E-state index contributed by atoms with van der Waals surface area (Å²) in [5, 5.41) is 9.76. The van der Waals surface area contributed by atoms with Crippen LogP contribution in [0.4, 0.5) is 0 Å². The third-order valence-electron chi connectivity index (χ3n) is 5.97. The van der Waals surface area contributed by atoms with E-state index in [4.69, 9.17) is 14.2 Å². The highest BCUT2D eigenvalue weighted by Crippen LogP contribution is 2.43. The average molecular weight is 361 g/mol. The number of carboxylic acid groups (broad SMARTS) is 1. The molecule has 4 rings (SSSR count). The van der Waals surface area contributed by atoms with Crippen molar-refractivity contribution in [2.45, 2.75) is 12.8 Å². The van der Waals surface area contributed by atoms with Crippen LogP contribution < -0.4 is 9.47 Å². The molecule has 140 valence electrons. The number of rotatable bonds is 3. The fourth-order valence-corrected chi connectivity index (χ4v) is 4.38. The zero-order chi connectivity index (χ0) is 18.3. The van der Waals surface area contributed by atoms with Gasteiger partial charge in [0.25, 0.3) is 0 Å². The standard InChI is InChI=1S/C19H23NO6/c1-24-15-2-3-16-12(7-15)6-13(9-26-16)17(21)20-8-14-10-25-5-4-19(14,11-20)18(22)23/h2-3,7,13-14H,4-6,8-11H2,1H3,(H,22,23)/t13?,14-,19+/m0/s1. The molecule has 26 heavy (non-hydrogen) atoms. The van der Waals surface area contributed by atoms with Crippen molar-refractivity contribution in [1.29, 1.82) is 0 Å². The molecular weight excluding hydrogens is 338 g/mol. The summed E-state index contributed by atoms with van der Waals surface area (Å²) in [4.78, 5) is 26.7. The highest BCUT2D eigenvalue weighted by Gasteiger charge is 2.55. The van der Waals surface area contributed by atoms with Gasteiger partial charge in [-0.25, -0.2) is 0 Å². The lowest BCUT2D eigenvalue weighted by atomic mass is 9.74. The second-order valence-corrected chi connectivity index (χ2v) is 7.39. The number of hydrogen-bond acceptors (Lipinski definition) is 5. The number of fused-ring (bicyclic) bond motifs is 2. The minimum absolute atomic E-state index is 0.0338. The van der Waals surface area contributed by atoms with E-state index in [1.807, 2.05) is 18.2 Å². The lowest BCUT2D eigenvalue weighted by Gasteiger charge is -2.34. The van der Waals surface area contributed by atoms with E-state index in [1.165, 1.54) is 0 Å². The van der Waals surface area contributed by atoms with E-state index in [1.54, 1.807) is 12.0 Å². The fraction of sp³-hybridized carbons (Fsp3) is 0.579. The summed E-state index contributed by atoms with van der Waals surface area (Å²) < 4.78 is 16.5. The molecule has 7 nitrogen and oxygen atoms in total. The van der Waals surface area contributed by atoms with Crippen molar-refractivity contribution in [2.24, 2.45) is 17.3 Å². The molecule has 0 aliphatic carbocycles. The minimum Gasteiger partial charge on any atom is -0.497 e. The Morgan fingerprint density at radius 3 is 2.92 bits per heavy atom. The molecular formula is C19H23NO6. The Balaban J connectivity index is 1.51. The van der Waals surface area contributed by atoms with Gasteiger partial charge in [0.1, 0.15) is 18.1 Å². The fourth-order valence-electron chi connectivity index (χ4n) is 4.38. The summed E-state index contributed by atoms with van der Waals surface area (Å²) in [5.74, 6) is 0.204. The van der Waals surface area contributed by atoms with Crippen molar-refractivity contribution in [3.05, 3.63) is 23.8 Å². The number of hydrogen-bond donors (Lipinski definition) is 1. The highest BCUT2D eigenvalue weighted by molar-refractivity contribution is 5.83. The van der Waals surface area contributed by atoms with Crippen LogP contribution in [0.5, 0.6) is 11.5 Å². The Morgan fingerprint density at radius 1 is 1.35 bits per heavy atom. The Bertz CT molecular complexity index is 735. The Morgan fingerprint density at radius 2 is 2.19 bits per heavy atom. The van der Waals surface area contributed by atoms with Gasteiger partial charge in [0.05, 0.1) is 25.0 Å². The number of methoxy groups -OCH3 is 1. The second-order valence-electron chi connectivity index (χ2n) is 7.39. The lowest BCUT2D eigenvalue weighted by Crippen LogP contribution is -2.45. The molecule has 0 bridgehead atoms. The topological polar surface area (TPSA) is 85.3 Å². The zero-order valence-electron chi connectivity index (χ0n) is 14.8. The van der Waals surface area contributed by atoms with Crippen LogP contribution in [0, 0.1) is 17.3 Å². The predicted octanol–water partition coefficient (Wildman–Crippen LogP) is 1.20. The molecule has 3 atom stereocenters. The van der Waals surface area contributed by atoms with Gasteiger partial charge in [0.2, 0.25) is 5.91 Å². The molecule has 1 aromatic rings. The number of ether oxygens (including phenoxy) is 3. The summed E-state index contributed by atoms with van der Waals surface area (Å²) in [5.41, 5.74) is 0.0757. The first kappa shape index (κ1) is 17.1. The number of aliphatic carboxylic acids is 1. The van der Waals surface area contributed by atoms with Crippen molar-refractivity contribution in [3.63, 3.8) is 0 Å². The van der Waals surface area contributed by atoms with Gasteiger partial charge in [-0.05, 0) is 36.6 Å². The van der Waals surface area contributed by atoms with E-state index in [2.05, 4.69) is 0 Å². The molecule has 0 spiro atoms. The summed E-state index contributed by atoms with van der Waals surface area (Å²) in [6, 6.07) is 5.59. The third-order valence-corrected chi connectivity index (χ3v) is 5.97. The van der Waals surface area contributed by atoms with Gasteiger partial charge in [0.15, 0.2) is 0 Å². The van der Waals surface area contributed by atoms with Gasteiger partial charge in [-0.15, -0.1) is 0 Å². The van der Waals surface area contributed by atoms with Gasteiger partial charge in [0, 0.05) is 25.6 Å². The predicted molar refractivity (Wildman–Crippen MR) is 91.3 cm³/mol. The summed E-state index contributed by atoms with van der Waals surface area (Å²) in [6.07, 6.45) is 1.03. The molecule has 3 heterocycles. The molecule has 3 aliphatic rings. The first-order valence-corrected chi connectivity index (χ1v) is 8.93. The van der Waals surface area contributed by atoms with Crippen LogP contribution in [0.1, 0.15) is 12.0 Å². The van der Waals surface area contributed by atoms with Crippen LogP contribution in [0.2, 0.25) is 0 Å². The molecule has 1 N–H and O–H groups in total. The van der Waals surface area contributed by atoms with Gasteiger partial charge >= 0.3 is 5.97 Å². The van der Waals surface area contributed by atoms with Gasteiger partial charge in [-0.1, -0.05) is 0 Å². The van der Waals surface area contributed by atoms with Gasteiger partial charge < -0.3 is 24.2 Å². The van der Waals surface area contributed by atoms with Crippen LogP contribution in [0.25, 0.3) is 0 Å². The Kier molecular flexibility index (Phi) is 4.26. The van der Waals surface area contributed by atoms with Crippen LogP contribution in [0.15, 0.2) is 18.2 Å². The van der Waals surface area contributed by atoms with Crippen molar-refractivity contribution in [2.75, 3.05) is 40.0 Å². The van der Waals surface area contributed by atoms with Gasteiger partial charge in [-0.3, -0.25) is 9.59 Å². The molecule has 0 radical (unpaired) electrons. The quantitative estimate of drug-likeness (QED) is 0.871. The first-order chi connectivity index (χ1) is 12.5. The Labute approximate surface area is 151 Å². The maximum Gasteiger partial charge on any atom is 0.311 e. The van der Waals surface area contributed by atoms with Crippen molar-refractivity contribution in [3.8, 4) is 11.5 Å². The maximum absolute atomic E-state index is 13.1. The summed E-state index contributed by atoms with van der Waals surface area (Å²) >= 11 is 0. The minimum atomic E-state index is -0.870. The maximum atomic E-state index is 13.1. The number of nitrogens with zero attached hydrogens (tertiary/aromatic N) is 1. The molecule has 0 aromatic heterocycles. The van der Waals surface area contributed by atoms with E-state index in [0.29, 0.717) is 39.2 Å². The molecule has 2 fully saturated rings. The molecule has 1 unspecified atom stereocenters. The first-order valence-electron chi connectivity index (χ1n) is 8.93. The van der Waals surface area contributed by atoms with Crippen LogP contribution in [-0.4, -0.2) is 61.9 Å². The van der Waals surface area contributed by atoms with E-state index in [-0.39, 0.29) is 24.3 Å². The summed E-state index contributed by atoms with van der Waals surface area (Å²) in [7, 11) is 1.60. The molecule has 7 heteroatoms. The van der Waals surface area contributed by atoms with Crippen LogP contribution in [0.3, 0.4) is 0 Å². The highest BCUT2D eigenvalue weighted by atomic mass is 16.5. The SMILES string of the molecule is COc1ccc2c(c1)CC(C(=O)N1C[C@H]3COCC[C@@]3(C(=O)O)C1)CO2. The molecule has 0 saturated carbocycles. The van der Waals surface area contributed by atoms with Crippen LogP contribution in [-0.2, 0) is 20.7 Å². The third kappa shape index (κ3) is 2.70. The monoisotopic (exact) mass is 361 g/mol. The van der Waals surface area contributed by atoms with Gasteiger partial charge in [-0.2, -0.15) is 0 Å². The van der Waals surface area contributed by atoms with Crippen molar-refractivity contribution >= 4 is 11.9 Å². The summed E-state index contributed by atoms with van der Waals surface area (Å²) in [6.45, 7) is 1.85. The van der Waals surface area contributed by atoms with E-state index in [0.717, 1.165) is 17.1 Å². The normalized spacial score (nSPS) is 30.1. The number of amides is 1. The number of benzene rings is 1. The number of likely N-dealkylation sites (tertiary alicyclic amines) is 1. The van der Waals surface area contributed by atoms with E-state index < -0.39 is 11.4 Å². The lowest BCUT2D eigenvalue weighted by molar-refractivity contribution is -0.157. The number of carbonyl (C=O) groups excluding carboxylic acids is 1. The van der Waals surface area contributed by atoms with Crippen LogP contribution >= 0.6 is 0 Å². The van der Waals surface area contributed by atoms with E-state index in [9.17, 15) is 14.7 Å². The Hall–Kier alpha value is -2.28. The molecule has 1 aromatic carbocycles. The largest absolute Gasteiger partial charge is 0.497 e. The average Bonchev–Trinajstić information content (AvgIpc) is 3.07. The zero-order valence-corrected chi connectivity index (χ0v) is 14.8. The molecule has 3 aliphatic heterocycles. The van der Waals surface area contributed by atoms with E-state index >= 15 is 0 Å². The molecule has 2 saturated heterocycles. The smallest absolute Gasteiger partial charge is 0.311 e. The van der Waals surface area contributed by atoms with Crippen molar-refractivity contribution < 1.29 is 28.9 Å². The number of carboxylic acids is 1. The second kappa shape index (κ2) is 6.46. The molecule has 1 amide bonds. The number of carbonyl (C=O) groups is 2. The van der Waals surface area contributed by atoms with Crippen molar-refractivity contribution in [1.82, 2.24) is 4.90 Å².